The molecule has 1 N–H and O–H groups in total. The average Bonchev–Trinajstić information content (AvgIpc) is 3.03. The van der Waals surface area contributed by atoms with Crippen LogP contribution in [0.25, 0.3) is 0 Å². The van der Waals surface area contributed by atoms with Crippen LogP contribution in [0.2, 0.25) is 0 Å². The number of likely N-dealkylation sites (tertiary alicyclic amines) is 1. The Kier molecular flexibility index (Phi) is 3.63. The quantitative estimate of drug-likeness (QED) is 0.904. The van der Waals surface area contributed by atoms with Crippen LogP contribution >= 0.6 is 23.1 Å². The molecule has 0 spiro atoms. The van der Waals surface area contributed by atoms with E-state index >= 15 is 0 Å². The minimum atomic E-state index is 0.0333. The normalized spacial score (nSPS) is 23.2. The van der Waals surface area contributed by atoms with Crippen LogP contribution in [0.1, 0.15) is 33.0 Å². The lowest BCUT2D eigenvalue weighted by Gasteiger charge is -2.22. The molecule has 18 heavy (non-hydrogen) atoms. The van der Waals surface area contributed by atoms with Gasteiger partial charge in [-0.25, -0.2) is 0 Å². The number of aliphatic hydroxyl groups is 1. The highest BCUT2D eigenvalue weighted by atomic mass is 32.2. The van der Waals surface area contributed by atoms with Crippen molar-refractivity contribution in [2.45, 2.75) is 31.1 Å². The minimum absolute atomic E-state index is 0.0333. The Bertz CT molecular complexity index is 434. The molecule has 98 valence electrons. The van der Waals surface area contributed by atoms with Gasteiger partial charge in [0.25, 0.3) is 5.91 Å². The SMILES string of the molecule is O=C(c1cc2c(s1)CCSC2)N1CCCC1CO. The van der Waals surface area contributed by atoms with Crippen LogP contribution in [0.4, 0.5) is 0 Å². The van der Waals surface area contributed by atoms with Crippen LogP contribution in [0, 0.1) is 0 Å². The molecular formula is C13H17NO2S2. The van der Waals surface area contributed by atoms with Gasteiger partial charge in [-0.05, 0) is 36.6 Å². The van der Waals surface area contributed by atoms with Crippen LogP contribution in [-0.2, 0) is 12.2 Å². The van der Waals surface area contributed by atoms with Gasteiger partial charge in [0, 0.05) is 17.2 Å². The molecule has 3 rings (SSSR count). The Balaban J connectivity index is 1.81. The van der Waals surface area contributed by atoms with Crippen molar-refractivity contribution in [3.63, 3.8) is 0 Å². The fraction of sp³-hybridized carbons (Fsp3) is 0.615. The van der Waals surface area contributed by atoms with E-state index in [0.717, 1.165) is 36.4 Å². The number of nitrogens with zero attached hydrogens (tertiary/aromatic N) is 1. The summed E-state index contributed by atoms with van der Waals surface area (Å²) in [6.45, 7) is 0.883. The number of carbonyl (C=O) groups is 1. The van der Waals surface area contributed by atoms with Crippen LogP contribution in [-0.4, -0.2) is 40.9 Å². The summed E-state index contributed by atoms with van der Waals surface area (Å²) in [4.78, 5) is 16.6. The summed E-state index contributed by atoms with van der Waals surface area (Å²) in [5.74, 6) is 2.34. The Labute approximate surface area is 115 Å². The zero-order valence-electron chi connectivity index (χ0n) is 10.2. The highest BCUT2D eigenvalue weighted by molar-refractivity contribution is 7.98. The fourth-order valence-corrected chi connectivity index (χ4v) is 5.02. The Morgan fingerprint density at radius 2 is 2.44 bits per heavy atom. The molecule has 3 heterocycles. The van der Waals surface area contributed by atoms with Gasteiger partial charge in [-0.2, -0.15) is 11.8 Å². The fourth-order valence-electron chi connectivity index (χ4n) is 2.69. The van der Waals surface area contributed by atoms with Crippen LogP contribution in [0.5, 0.6) is 0 Å². The predicted octanol–water partition coefficient (Wildman–Crippen LogP) is 2.13. The standard InChI is InChI=1S/C13H17NO2S2/c15-7-10-2-1-4-14(10)13(16)12-6-9-8-17-5-3-11(9)18-12/h6,10,15H,1-5,7-8H2. The number of aryl methyl sites for hydroxylation is 1. The number of aliphatic hydroxyl groups excluding tert-OH is 1. The molecule has 0 radical (unpaired) electrons. The predicted molar refractivity (Wildman–Crippen MR) is 75.3 cm³/mol. The number of carbonyl (C=O) groups excluding carboxylic acids is 1. The molecule has 2 aliphatic heterocycles. The highest BCUT2D eigenvalue weighted by Gasteiger charge is 2.30. The van der Waals surface area contributed by atoms with Crippen molar-refractivity contribution in [3.05, 3.63) is 21.4 Å². The molecule has 5 heteroatoms. The maximum absolute atomic E-state index is 12.5. The van der Waals surface area contributed by atoms with E-state index in [0.29, 0.717) is 0 Å². The van der Waals surface area contributed by atoms with Crippen molar-refractivity contribution < 1.29 is 9.90 Å². The smallest absolute Gasteiger partial charge is 0.264 e. The number of thioether (sulfide) groups is 1. The number of rotatable bonds is 2. The molecule has 1 saturated heterocycles. The highest BCUT2D eigenvalue weighted by Crippen LogP contribution is 2.33. The van der Waals surface area contributed by atoms with E-state index in [1.165, 1.54) is 16.2 Å². The maximum atomic E-state index is 12.5. The van der Waals surface area contributed by atoms with Gasteiger partial charge in [0.2, 0.25) is 0 Å². The topological polar surface area (TPSA) is 40.5 Å². The molecule has 1 fully saturated rings. The van der Waals surface area contributed by atoms with Gasteiger partial charge in [0.05, 0.1) is 17.5 Å². The Morgan fingerprint density at radius 3 is 3.22 bits per heavy atom. The van der Waals surface area contributed by atoms with Crippen molar-refractivity contribution in [1.82, 2.24) is 4.90 Å². The number of hydrogen-bond acceptors (Lipinski definition) is 4. The third-order valence-electron chi connectivity index (χ3n) is 3.69. The molecule has 2 aliphatic rings. The lowest BCUT2D eigenvalue weighted by molar-refractivity contribution is 0.0682. The molecule has 0 aromatic carbocycles. The minimum Gasteiger partial charge on any atom is -0.394 e. The zero-order valence-corrected chi connectivity index (χ0v) is 11.9. The molecule has 0 aliphatic carbocycles. The summed E-state index contributed by atoms with van der Waals surface area (Å²) in [5, 5.41) is 9.30. The molecule has 1 aromatic heterocycles. The molecule has 1 atom stereocenters. The van der Waals surface area contributed by atoms with Crippen molar-refractivity contribution in [2.75, 3.05) is 18.9 Å². The summed E-state index contributed by atoms with van der Waals surface area (Å²) in [6, 6.07) is 2.10. The number of thiophene rings is 1. The molecule has 0 saturated carbocycles. The Hall–Kier alpha value is -0.520. The molecule has 1 aromatic rings. The van der Waals surface area contributed by atoms with Gasteiger partial charge in [-0.1, -0.05) is 0 Å². The summed E-state index contributed by atoms with van der Waals surface area (Å²) >= 11 is 3.60. The lowest BCUT2D eigenvalue weighted by Crippen LogP contribution is -2.37. The zero-order chi connectivity index (χ0) is 12.5. The molecular weight excluding hydrogens is 266 g/mol. The second kappa shape index (κ2) is 5.23. The number of hydrogen-bond donors (Lipinski definition) is 1. The van der Waals surface area contributed by atoms with E-state index in [1.807, 2.05) is 16.7 Å². The average molecular weight is 283 g/mol. The van der Waals surface area contributed by atoms with Crippen LogP contribution in [0.3, 0.4) is 0 Å². The van der Waals surface area contributed by atoms with Gasteiger partial charge < -0.3 is 10.0 Å². The van der Waals surface area contributed by atoms with E-state index in [1.54, 1.807) is 11.3 Å². The third kappa shape index (κ3) is 2.19. The van der Waals surface area contributed by atoms with E-state index in [9.17, 15) is 9.90 Å². The van der Waals surface area contributed by atoms with Crippen LogP contribution in [0.15, 0.2) is 6.07 Å². The largest absolute Gasteiger partial charge is 0.394 e. The first-order valence-corrected chi connectivity index (χ1v) is 8.38. The monoisotopic (exact) mass is 283 g/mol. The number of fused-ring (bicyclic) bond motifs is 1. The third-order valence-corrected chi connectivity index (χ3v) is 5.92. The molecule has 1 unspecified atom stereocenters. The first-order chi connectivity index (χ1) is 8.79. The van der Waals surface area contributed by atoms with Gasteiger partial charge >= 0.3 is 0 Å². The lowest BCUT2D eigenvalue weighted by atomic mass is 10.2. The van der Waals surface area contributed by atoms with Gasteiger partial charge in [0.1, 0.15) is 0 Å². The summed E-state index contributed by atoms with van der Waals surface area (Å²) in [7, 11) is 0. The summed E-state index contributed by atoms with van der Waals surface area (Å²) in [6.07, 6.45) is 3.04. The van der Waals surface area contributed by atoms with Crippen molar-refractivity contribution in [2.24, 2.45) is 0 Å². The van der Waals surface area contributed by atoms with Crippen molar-refractivity contribution in [1.29, 1.82) is 0 Å². The number of amides is 1. The van der Waals surface area contributed by atoms with E-state index in [-0.39, 0.29) is 18.6 Å². The van der Waals surface area contributed by atoms with Crippen molar-refractivity contribution >= 4 is 29.0 Å². The van der Waals surface area contributed by atoms with Gasteiger partial charge in [-0.15, -0.1) is 11.3 Å². The first-order valence-electron chi connectivity index (χ1n) is 6.40. The van der Waals surface area contributed by atoms with E-state index in [2.05, 4.69) is 6.07 Å². The molecule has 1 amide bonds. The Morgan fingerprint density at radius 1 is 1.56 bits per heavy atom. The molecule has 0 bridgehead atoms. The summed E-state index contributed by atoms with van der Waals surface area (Å²) < 4.78 is 0. The summed E-state index contributed by atoms with van der Waals surface area (Å²) in [5.41, 5.74) is 1.35. The second-order valence-corrected chi connectivity index (χ2v) is 7.08. The van der Waals surface area contributed by atoms with Gasteiger partial charge in [-0.3, -0.25) is 4.79 Å². The maximum Gasteiger partial charge on any atom is 0.264 e. The van der Waals surface area contributed by atoms with E-state index in [4.69, 9.17) is 0 Å². The molecule has 3 nitrogen and oxygen atoms in total. The van der Waals surface area contributed by atoms with E-state index < -0.39 is 0 Å². The van der Waals surface area contributed by atoms with Crippen molar-refractivity contribution in [3.8, 4) is 0 Å². The second-order valence-electron chi connectivity index (χ2n) is 4.84. The van der Waals surface area contributed by atoms with Crippen LogP contribution < -0.4 is 0 Å². The first kappa shape index (κ1) is 12.5. The van der Waals surface area contributed by atoms with Gasteiger partial charge in [0.15, 0.2) is 0 Å².